The van der Waals surface area contributed by atoms with Crippen molar-refractivity contribution in [1.29, 1.82) is 0 Å². The molecule has 1 saturated heterocycles. The Morgan fingerprint density at radius 3 is 2.39 bits per heavy atom. The van der Waals surface area contributed by atoms with Gasteiger partial charge in [-0.3, -0.25) is 5.32 Å². The van der Waals surface area contributed by atoms with Crippen LogP contribution in [0.4, 0.5) is 0 Å². The summed E-state index contributed by atoms with van der Waals surface area (Å²) < 4.78 is 6.56. The van der Waals surface area contributed by atoms with Crippen LogP contribution in [0, 0.1) is 6.92 Å². The summed E-state index contributed by atoms with van der Waals surface area (Å²) in [7, 11) is 0. The Morgan fingerprint density at radius 1 is 1.00 bits per heavy atom. The van der Waals surface area contributed by atoms with Crippen LogP contribution < -0.4 is 5.32 Å². The van der Waals surface area contributed by atoms with Crippen LogP contribution in [0.2, 0.25) is 0 Å². The average Bonchev–Trinajstić information content (AvgIpc) is 2.95. The Hall–Kier alpha value is -1.64. The summed E-state index contributed by atoms with van der Waals surface area (Å²) in [5.74, 6) is 0. The first kappa shape index (κ1) is 16.2. The zero-order valence-corrected chi connectivity index (χ0v) is 14.4. The minimum Gasteiger partial charge on any atom is -0.351 e. The minimum absolute atomic E-state index is 0.0106. The van der Waals surface area contributed by atoms with Gasteiger partial charge in [-0.15, -0.1) is 0 Å². The van der Waals surface area contributed by atoms with Gasteiger partial charge in [0.05, 0.1) is 5.60 Å². The van der Waals surface area contributed by atoms with Gasteiger partial charge in [-0.05, 0) is 37.3 Å². The van der Waals surface area contributed by atoms with E-state index in [4.69, 9.17) is 4.74 Å². The summed E-state index contributed by atoms with van der Waals surface area (Å²) in [6.45, 7) is 6.61. The van der Waals surface area contributed by atoms with Crippen molar-refractivity contribution in [2.24, 2.45) is 0 Å². The molecule has 0 saturated carbocycles. The summed E-state index contributed by atoms with van der Waals surface area (Å²) in [6.07, 6.45) is 3.04. The minimum atomic E-state index is -0.0930. The molecule has 0 amide bonds. The summed E-state index contributed by atoms with van der Waals surface area (Å²) in [5, 5.41) is 3.75. The zero-order chi connectivity index (χ0) is 16.3. The maximum absolute atomic E-state index is 6.56. The van der Waals surface area contributed by atoms with Crippen molar-refractivity contribution in [3.05, 3.63) is 71.3 Å². The fourth-order valence-electron chi connectivity index (χ4n) is 3.69. The molecule has 0 unspecified atom stereocenters. The van der Waals surface area contributed by atoms with E-state index in [2.05, 4.69) is 80.7 Å². The smallest absolute Gasteiger partial charge is 0.135 e. The molecule has 122 valence electrons. The molecule has 3 rings (SSSR count). The Labute approximate surface area is 139 Å². The molecule has 2 nitrogen and oxygen atoms in total. The Morgan fingerprint density at radius 2 is 1.74 bits per heavy atom. The quantitative estimate of drug-likeness (QED) is 0.858. The molecule has 2 heteroatoms. The highest BCUT2D eigenvalue weighted by atomic mass is 16.5. The maximum Gasteiger partial charge on any atom is 0.135 e. The lowest BCUT2D eigenvalue weighted by Crippen LogP contribution is -2.44. The van der Waals surface area contributed by atoms with Crippen LogP contribution >= 0.6 is 0 Å². The number of nitrogens with one attached hydrogen (secondary N) is 1. The number of benzene rings is 2. The van der Waals surface area contributed by atoms with Gasteiger partial charge in [-0.25, -0.2) is 0 Å². The van der Waals surface area contributed by atoms with Crippen LogP contribution in [0.1, 0.15) is 49.6 Å². The van der Waals surface area contributed by atoms with Crippen molar-refractivity contribution >= 4 is 0 Å². The van der Waals surface area contributed by atoms with E-state index in [9.17, 15) is 0 Å². The number of hydrogen-bond acceptors (Lipinski definition) is 2. The molecule has 0 aromatic heterocycles. The van der Waals surface area contributed by atoms with Gasteiger partial charge in [0.2, 0.25) is 0 Å². The SMILES string of the molecule is CCC1(CC)O[C@@H](c2cccc(C)c2)N[C@H]1Cc1ccccc1. The van der Waals surface area contributed by atoms with E-state index >= 15 is 0 Å². The van der Waals surface area contributed by atoms with Crippen LogP contribution in [-0.2, 0) is 11.2 Å². The molecule has 0 aliphatic carbocycles. The number of rotatable bonds is 5. The van der Waals surface area contributed by atoms with Crippen molar-refractivity contribution in [2.45, 2.75) is 57.9 Å². The molecule has 2 aromatic carbocycles. The summed E-state index contributed by atoms with van der Waals surface area (Å²) in [5.41, 5.74) is 3.78. The van der Waals surface area contributed by atoms with Gasteiger partial charge in [-0.2, -0.15) is 0 Å². The first-order valence-electron chi connectivity index (χ1n) is 8.71. The first-order chi connectivity index (χ1) is 11.2. The normalized spacial score (nSPS) is 23.1. The molecule has 1 heterocycles. The van der Waals surface area contributed by atoms with Crippen LogP contribution in [0.15, 0.2) is 54.6 Å². The van der Waals surface area contributed by atoms with Gasteiger partial charge < -0.3 is 4.74 Å². The second-order valence-corrected chi connectivity index (χ2v) is 6.59. The molecular weight excluding hydrogens is 282 g/mol. The van der Waals surface area contributed by atoms with E-state index in [0.29, 0.717) is 6.04 Å². The third-order valence-electron chi connectivity index (χ3n) is 5.16. The first-order valence-corrected chi connectivity index (χ1v) is 8.71. The Balaban J connectivity index is 1.85. The second kappa shape index (κ2) is 6.86. The van der Waals surface area contributed by atoms with Crippen LogP contribution in [0.5, 0.6) is 0 Å². The van der Waals surface area contributed by atoms with Crippen molar-refractivity contribution in [3.63, 3.8) is 0 Å². The van der Waals surface area contributed by atoms with Crippen LogP contribution in [0.25, 0.3) is 0 Å². The van der Waals surface area contributed by atoms with Crippen LogP contribution in [0.3, 0.4) is 0 Å². The van der Waals surface area contributed by atoms with E-state index in [1.54, 1.807) is 0 Å². The predicted molar refractivity (Wildman–Crippen MR) is 95.4 cm³/mol. The summed E-state index contributed by atoms with van der Waals surface area (Å²) >= 11 is 0. The standard InChI is InChI=1S/C21H27NO/c1-4-21(5-2)19(15-17-11-7-6-8-12-17)22-20(23-21)18-13-9-10-16(3)14-18/h6-14,19-20,22H,4-5,15H2,1-3H3/t19-,20-/m0/s1. The second-order valence-electron chi connectivity index (χ2n) is 6.59. The van der Waals surface area contributed by atoms with E-state index in [0.717, 1.165) is 19.3 Å². The van der Waals surface area contributed by atoms with Gasteiger partial charge in [0, 0.05) is 6.04 Å². The van der Waals surface area contributed by atoms with Crippen molar-refractivity contribution in [1.82, 2.24) is 5.32 Å². The fourth-order valence-corrected chi connectivity index (χ4v) is 3.69. The molecule has 0 bridgehead atoms. The monoisotopic (exact) mass is 309 g/mol. The lowest BCUT2D eigenvalue weighted by Gasteiger charge is -2.32. The highest BCUT2D eigenvalue weighted by molar-refractivity contribution is 5.26. The summed E-state index contributed by atoms with van der Waals surface area (Å²) in [4.78, 5) is 0. The van der Waals surface area contributed by atoms with Gasteiger partial charge in [0.25, 0.3) is 0 Å². The fraction of sp³-hybridized carbons (Fsp3) is 0.429. The van der Waals surface area contributed by atoms with Gasteiger partial charge in [0.15, 0.2) is 0 Å². The highest BCUT2D eigenvalue weighted by Gasteiger charge is 2.45. The summed E-state index contributed by atoms with van der Waals surface area (Å²) in [6, 6.07) is 19.7. The molecule has 1 N–H and O–H groups in total. The predicted octanol–water partition coefficient (Wildman–Crippen LogP) is 4.78. The molecule has 1 aliphatic rings. The van der Waals surface area contributed by atoms with E-state index in [1.807, 2.05) is 0 Å². The molecule has 2 atom stereocenters. The number of ether oxygens (including phenoxy) is 1. The molecule has 23 heavy (non-hydrogen) atoms. The maximum atomic E-state index is 6.56. The Kier molecular flexibility index (Phi) is 4.84. The molecule has 0 spiro atoms. The number of hydrogen-bond donors (Lipinski definition) is 1. The third-order valence-corrected chi connectivity index (χ3v) is 5.16. The lowest BCUT2D eigenvalue weighted by atomic mass is 9.85. The Bertz CT molecular complexity index is 633. The average molecular weight is 309 g/mol. The molecular formula is C21H27NO. The highest BCUT2D eigenvalue weighted by Crippen LogP contribution is 2.39. The van der Waals surface area contributed by atoms with Gasteiger partial charge >= 0.3 is 0 Å². The van der Waals surface area contributed by atoms with E-state index in [-0.39, 0.29) is 11.8 Å². The topological polar surface area (TPSA) is 21.3 Å². The van der Waals surface area contributed by atoms with Crippen molar-refractivity contribution in [3.8, 4) is 0 Å². The van der Waals surface area contributed by atoms with Crippen LogP contribution in [-0.4, -0.2) is 11.6 Å². The third kappa shape index (κ3) is 3.34. The molecule has 1 fully saturated rings. The molecule has 2 aromatic rings. The van der Waals surface area contributed by atoms with E-state index < -0.39 is 0 Å². The van der Waals surface area contributed by atoms with E-state index in [1.165, 1.54) is 16.7 Å². The molecule has 1 aliphatic heterocycles. The van der Waals surface area contributed by atoms with Gasteiger partial charge in [0.1, 0.15) is 6.23 Å². The number of aryl methyl sites for hydroxylation is 1. The van der Waals surface area contributed by atoms with Crippen molar-refractivity contribution < 1.29 is 4.74 Å². The van der Waals surface area contributed by atoms with Gasteiger partial charge in [-0.1, -0.05) is 74.0 Å². The lowest BCUT2D eigenvalue weighted by molar-refractivity contribution is -0.0551. The molecule has 0 radical (unpaired) electrons. The largest absolute Gasteiger partial charge is 0.351 e. The zero-order valence-electron chi connectivity index (χ0n) is 14.4. The van der Waals surface area contributed by atoms with Crippen molar-refractivity contribution in [2.75, 3.05) is 0 Å².